The zero-order valence-electron chi connectivity index (χ0n) is 25.2. The van der Waals surface area contributed by atoms with E-state index in [0.29, 0.717) is 61.7 Å². The zero-order chi connectivity index (χ0) is 34.0. The fraction of sp³-hybridized carbons (Fsp3) is 0.265. The highest BCUT2D eigenvalue weighted by atomic mass is 127. The minimum Gasteiger partial charge on any atom is -0.492 e. The van der Waals surface area contributed by atoms with E-state index in [9.17, 15) is 20.3 Å². The van der Waals surface area contributed by atoms with Crippen LogP contribution >= 0.6 is 57.4 Å². The van der Waals surface area contributed by atoms with Crippen molar-refractivity contribution in [2.24, 2.45) is 0 Å². The van der Waals surface area contributed by atoms with Crippen molar-refractivity contribution in [1.82, 2.24) is 10.3 Å². The second-order valence-electron chi connectivity index (χ2n) is 10.6. The Morgan fingerprint density at radius 1 is 0.957 bits per heavy atom. The van der Waals surface area contributed by atoms with Gasteiger partial charge in [-0.3, -0.25) is 15.1 Å². The molecule has 3 aromatic carbocycles. The van der Waals surface area contributed by atoms with Crippen LogP contribution in [0.2, 0.25) is 15.1 Å². The fourth-order valence-electron chi connectivity index (χ4n) is 4.36. The lowest BCUT2D eigenvalue weighted by Crippen LogP contribution is -2.52. The maximum absolute atomic E-state index is 11.7. The Balaban J connectivity index is 1.60. The summed E-state index contributed by atoms with van der Waals surface area (Å²) in [4.78, 5) is 15.8. The van der Waals surface area contributed by atoms with Crippen LogP contribution in [0.15, 0.2) is 67.0 Å². The summed E-state index contributed by atoms with van der Waals surface area (Å²) < 4.78 is 19.1. The van der Waals surface area contributed by atoms with Gasteiger partial charge in [0.2, 0.25) is 0 Å². The van der Waals surface area contributed by atoms with E-state index in [4.69, 9.17) is 49.0 Å². The number of aliphatic hydroxyl groups excluding tert-OH is 1. The molecule has 0 radical (unpaired) electrons. The number of aliphatic hydroxyl groups is 1. The number of carbonyl (C=O) groups is 1. The molecule has 0 saturated heterocycles. The minimum atomic E-state index is -1.60. The van der Waals surface area contributed by atoms with Crippen molar-refractivity contribution in [2.75, 3.05) is 17.6 Å². The molecule has 0 bridgehead atoms. The number of carboxylic acid groups (broad SMARTS) is 1. The number of nitrogens with zero attached hydrogens (tertiary/aromatic N) is 2. The van der Waals surface area contributed by atoms with Gasteiger partial charge in [0.25, 0.3) is 0 Å². The molecule has 4 rings (SSSR count). The lowest BCUT2D eigenvalue weighted by atomic mass is 10.0. The summed E-state index contributed by atoms with van der Waals surface area (Å²) in [5.41, 5.74) is 2.06. The number of nitrogens with one attached hydrogen (secondary N) is 1. The number of alkyl halides is 1. The number of rotatable bonds is 16. The molecular weight excluding hydrogens is 780 g/mol. The second kappa shape index (κ2) is 17.2. The van der Waals surface area contributed by atoms with Crippen LogP contribution in [0.25, 0.3) is 11.1 Å². The molecule has 0 aliphatic rings. The SMILES string of the molecule is C[C@](CO)(NCc1cc(Cl)c(OCc2cccc(-c3cccc(OCCCI)c3Cl)c2Cl)cc1OCc1cncc(C#N)c1)C(=O)O. The van der Waals surface area contributed by atoms with Crippen LogP contribution in [0.4, 0.5) is 0 Å². The Kier molecular flexibility index (Phi) is 13.4. The minimum absolute atomic E-state index is 0.00462. The first-order valence-corrected chi connectivity index (χ1v) is 17.0. The first-order chi connectivity index (χ1) is 22.6. The molecule has 0 unspecified atom stereocenters. The second-order valence-corrected chi connectivity index (χ2v) is 12.8. The molecule has 1 heterocycles. The predicted molar refractivity (Wildman–Crippen MR) is 190 cm³/mol. The third-order valence-electron chi connectivity index (χ3n) is 7.14. The van der Waals surface area contributed by atoms with E-state index in [1.54, 1.807) is 24.4 Å². The summed E-state index contributed by atoms with van der Waals surface area (Å²) in [6.07, 6.45) is 3.92. The summed E-state index contributed by atoms with van der Waals surface area (Å²) in [5.74, 6) is 0.000705. The highest BCUT2D eigenvalue weighted by molar-refractivity contribution is 14.1. The standard InChI is InChI=1S/C34H31Cl3IN3O6/c1-34(20-42,33(43)44)41-17-24-12-27(35)30(13-29(24)46-18-22-11-21(14-39)15-40-16-22)47-19-23-5-2-6-25(31(23)36)26-7-3-8-28(32(26)37)45-10-4-9-38/h2-3,5-8,11-13,15-16,41-42H,4,9-10,17-20H2,1H3,(H,43,44)/t34-/m1/s1. The van der Waals surface area contributed by atoms with Gasteiger partial charge in [-0.15, -0.1) is 0 Å². The Hall–Kier alpha value is -3.31. The van der Waals surface area contributed by atoms with Crippen LogP contribution in [-0.4, -0.2) is 44.3 Å². The normalized spacial score (nSPS) is 12.2. The number of aromatic nitrogens is 1. The highest BCUT2D eigenvalue weighted by Gasteiger charge is 2.32. The number of pyridine rings is 1. The zero-order valence-corrected chi connectivity index (χ0v) is 29.7. The van der Waals surface area contributed by atoms with E-state index in [1.807, 2.05) is 42.5 Å². The van der Waals surface area contributed by atoms with Gasteiger partial charge >= 0.3 is 5.97 Å². The summed E-state index contributed by atoms with van der Waals surface area (Å²) in [7, 11) is 0. The molecule has 0 aliphatic carbocycles. The van der Waals surface area contributed by atoms with E-state index in [2.05, 4.69) is 32.9 Å². The van der Waals surface area contributed by atoms with Crippen molar-refractivity contribution in [3.63, 3.8) is 0 Å². The topological polar surface area (TPSA) is 134 Å². The molecule has 47 heavy (non-hydrogen) atoms. The first kappa shape index (κ1) is 36.5. The van der Waals surface area contributed by atoms with Crippen molar-refractivity contribution >= 4 is 63.4 Å². The summed E-state index contributed by atoms with van der Waals surface area (Å²) in [6.45, 7) is 1.41. The molecule has 9 nitrogen and oxygen atoms in total. The molecule has 246 valence electrons. The molecule has 1 atom stereocenters. The molecular formula is C34H31Cl3IN3O6. The molecule has 0 aliphatic heterocycles. The Labute approximate surface area is 301 Å². The van der Waals surface area contributed by atoms with E-state index < -0.39 is 18.1 Å². The van der Waals surface area contributed by atoms with Crippen molar-refractivity contribution in [3.8, 4) is 34.4 Å². The maximum Gasteiger partial charge on any atom is 0.326 e. The molecule has 1 aromatic heterocycles. The van der Waals surface area contributed by atoms with Gasteiger partial charge in [0, 0.05) is 57.2 Å². The molecule has 0 spiro atoms. The quantitative estimate of drug-likeness (QED) is 0.0588. The molecule has 0 fully saturated rings. The van der Waals surface area contributed by atoms with E-state index >= 15 is 0 Å². The maximum atomic E-state index is 11.7. The number of hydrogen-bond donors (Lipinski definition) is 3. The van der Waals surface area contributed by atoms with Crippen molar-refractivity contribution in [2.45, 2.75) is 38.6 Å². The van der Waals surface area contributed by atoms with Crippen LogP contribution in [0.3, 0.4) is 0 Å². The highest BCUT2D eigenvalue weighted by Crippen LogP contribution is 2.40. The third-order valence-corrected chi connectivity index (χ3v) is 9.04. The monoisotopic (exact) mass is 809 g/mol. The van der Waals surface area contributed by atoms with Crippen LogP contribution in [0.1, 0.15) is 35.6 Å². The van der Waals surface area contributed by atoms with E-state index in [0.717, 1.165) is 16.4 Å². The van der Waals surface area contributed by atoms with Gasteiger partial charge in [-0.1, -0.05) is 87.7 Å². The number of hydrogen-bond acceptors (Lipinski definition) is 8. The van der Waals surface area contributed by atoms with Crippen molar-refractivity contribution < 1.29 is 29.2 Å². The molecule has 0 saturated carbocycles. The average molecular weight is 811 g/mol. The summed E-state index contributed by atoms with van der Waals surface area (Å²) in [5, 5.41) is 32.5. The van der Waals surface area contributed by atoms with Crippen LogP contribution in [0.5, 0.6) is 17.2 Å². The van der Waals surface area contributed by atoms with E-state index in [-0.39, 0.29) is 24.8 Å². The van der Waals surface area contributed by atoms with Crippen molar-refractivity contribution in [3.05, 3.63) is 104 Å². The number of halogens is 4. The molecule has 4 aromatic rings. The third kappa shape index (κ3) is 9.41. The summed E-state index contributed by atoms with van der Waals surface area (Å²) >= 11 is 22.5. The van der Waals surface area contributed by atoms with Crippen molar-refractivity contribution in [1.29, 1.82) is 5.26 Å². The Morgan fingerprint density at radius 2 is 1.68 bits per heavy atom. The van der Waals surface area contributed by atoms with Gasteiger partial charge in [-0.05, 0) is 31.5 Å². The van der Waals surface area contributed by atoms with Crippen LogP contribution in [0, 0.1) is 11.3 Å². The number of nitriles is 1. The lowest BCUT2D eigenvalue weighted by molar-refractivity contribution is -0.145. The number of carboxylic acids is 1. The van der Waals surface area contributed by atoms with E-state index in [1.165, 1.54) is 13.1 Å². The van der Waals surface area contributed by atoms with Gasteiger partial charge in [-0.25, -0.2) is 0 Å². The molecule has 13 heteroatoms. The smallest absolute Gasteiger partial charge is 0.326 e. The number of aliphatic carboxylic acids is 1. The number of ether oxygens (including phenoxy) is 3. The van der Waals surface area contributed by atoms with Gasteiger partial charge in [-0.2, -0.15) is 5.26 Å². The summed E-state index contributed by atoms with van der Waals surface area (Å²) in [6, 6.07) is 18.0. The first-order valence-electron chi connectivity index (χ1n) is 14.4. The largest absolute Gasteiger partial charge is 0.492 e. The molecule has 3 N–H and O–H groups in total. The average Bonchev–Trinajstić information content (AvgIpc) is 3.07. The van der Waals surface area contributed by atoms with Gasteiger partial charge < -0.3 is 24.4 Å². The van der Waals surface area contributed by atoms with Gasteiger partial charge in [0.05, 0.1) is 33.8 Å². The van der Waals surface area contributed by atoms with Crippen LogP contribution in [-0.2, 0) is 24.6 Å². The lowest BCUT2D eigenvalue weighted by Gasteiger charge is -2.25. The molecule has 0 amide bonds. The number of benzene rings is 3. The Bertz CT molecular complexity index is 1770. The fourth-order valence-corrected chi connectivity index (χ4v) is 5.48. The Morgan fingerprint density at radius 3 is 2.38 bits per heavy atom. The van der Waals surface area contributed by atoms with Crippen LogP contribution < -0.4 is 19.5 Å². The van der Waals surface area contributed by atoms with Gasteiger partial charge in [0.1, 0.15) is 42.1 Å². The predicted octanol–water partition coefficient (Wildman–Crippen LogP) is 7.87. The van der Waals surface area contributed by atoms with Gasteiger partial charge in [0.15, 0.2) is 0 Å².